The summed E-state index contributed by atoms with van der Waals surface area (Å²) in [6.45, 7) is 0. The fourth-order valence-electron chi connectivity index (χ4n) is 0.614. The van der Waals surface area contributed by atoms with E-state index in [1.165, 1.54) is 7.05 Å². The number of aromatic nitrogens is 2. The first-order valence-corrected chi connectivity index (χ1v) is 3.04. The molecule has 0 N–H and O–H groups in total. The summed E-state index contributed by atoms with van der Waals surface area (Å²) in [5, 5.41) is 3.42. The van der Waals surface area contributed by atoms with Crippen LogP contribution in [0.2, 0.25) is 0 Å². The topological polar surface area (TPSA) is 39.9 Å². The zero-order chi connectivity index (χ0) is 9.19. The van der Waals surface area contributed by atoms with Crippen LogP contribution in [0.1, 0.15) is 5.69 Å². The molecule has 0 aliphatic rings. The van der Waals surface area contributed by atoms with Gasteiger partial charge in [0.1, 0.15) is 0 Å². The van der Waals surface area contributed by atoms with E-state index >= 15 is 0 Å². The van der Waals surface area contributed by atoms with Gasteiger partial charge in [-0.25, -0.2) is 0 Å². The van der Waals surface area contributed by atoms with Crippen LogP contribution in [0.25, 0.3) is 5.32 Å². The van der Waals surface area contributed by atoms with Crippen LogP contribution >= 0.6 is 0 Å². The summed E-state index contributed by atoms with van der Waals surface area (Å²) in [5.74, 6) is -0.162. The van der Waals surface area contributed by atoms with Gasteiger partial charge in [0.15, 0.2) is 0 Å². The molecule has 1 heterocycles. The van der Waals surface area contributed by atoms with E-state index in [2.05, 4.69) is 15.3 Å². The van der Waals surface area contributed by atoms with Crippen molar-refractivity contribution in [3.8, 4) is 0 Å². The largest absolute Gasteiger partial charge is 0.418 e. The third-order valence-electron chi connectivity index (χ3n) is 1.13. The molecule has 1 aromatic rings. The Bertz CT molecular complexity index is 276. The zero-order valence-electron chi connectivity index (χ0n) is 6.84. The third-order valence-corrected chi connectivity index (χ3v) is 1.13. The molecule has 0 aliphatic carbocycles. The van der Waals surface area contributed by atoms with Crippen LogP contribution in [0.4, 0.5) is 19.1 Å². The van der Waals surface area contributed by atoms with E-state index in [0.29, 0.717) is 0 Å². The Kier molecular flexibility index (Phi) is 2.77. The Labute approximate surface area is 66.6 Å². The summed E-state index contributed by atoms with van der Waals surface area (Å²) >= 11 is 0. The summed E-state index contributed by atoms with van der Waals surface area (Å²) in [5.41, 5.74) is -0.974. The number of rotatable bonds is 1. The molecule has 0 aliphatic heterocycles. The Hall–Kier alpha value is -2.33. The molecule has 3 nitrogen and oxygen atoms in total. The van der Waals surface area contributed by atoms with E-state index < -0.39 is 11.9 Å². The van der Waals surface area contributed by atoms with Crippen LogP contribution in [0.15, 0.2) is 12.3 Å². The van der Waals surface area contributed by atoms with Gasteiger partial charge in [0.05, 0.1) is 5.69 Å². The zero-order valence-corrected chi connectivity index (χ0v) is 13.2. The maximum atomic E-state index is 12.0. The Morgan fingerprint density at radius 3 is 2.46 bits per heavy atom. The van der Waals surface area contributed by atoms with Crippen LogP contribution < -0.4 is 0 Å². The van der Waals surface area contributed by atoms with Gasteiger partial charge in [0.25, 0.3) is 0 Å². The molecule has 0 radical (unpaired) electrons. The normalized spacial score (nSPS) is 10.5. The molecule has 0 aromatic carbocycles. The standard InChI is InChI=1S/C6H5F3N3.Rf/c1-10-5-11-3-2-4(12-5)6(7,8)9;/h2-3H,1H3;/q-1;. The first-order chi connectivity index (χ1) is 5.54. The van der Waals surface area contributed by atoms with Gasteiger partial charge < -0.3 is 15.3 Å². The van der Waals surface area contributed by atoms with E-state index in [-0.39, 0.29) is 5.95 Å². The van der Waals surface area contributed by atoms with Crippen LogP contribution in [-0.2, 0) is 6.18 Å². The van der Waals surface area contributed by atoms with Crippen molar-refractivity contribution in [3.05, 3.63) is 23.3 Å². The average molecular weight is 443 g/mol. The molecule has 68 valence electrons. The molecule has 0 saturated heterocycles. The van der Waals surface area contributed by atoms with E-state index in [4.69, 9.17) is 0 Å². The number of alkyl halides is 3. The van der Waals surface area contributed by atoms with Crippen LogP contribution in [0.5, 0.6) is 0 Å². The maximum Gasteiger partial charge on any atom is 0.418 e. The molecule has 1 rings (SSSR count). The monoisotopic (exact) mass is 443 g/mol. The smallest absolute Gasteiger partial charge is 0.397 e. The van der Waals surface area contributed by atoms with Gasteiger partial charge in [-0.3, -0.25) is 0 Å². The Morgan fingerprint density at radius 1 is 1.38 bits per heavy atom. The molecule has 0 bridgehead atoms. The van der Waals surface area contributed by atoms with Gasteiger partial charge in [0.2, 0.25) is 0 Å². The maximum absolute atomic E-state index is 12.0. The van der Waals surface area contributed by atoms with Crippen molar-refractivity contribution in [1.29, 1.82) is 0 Å². The molecule has 0 fully saturated rings. The van der Waals surface area contributed by atoms with Gasteiger partial charge in [-0.15, -0.1) is 0 Å². The van der Waals surface area contributed by atoms with E-state index in [1.807, 2.05) is 0 Å². The summed E-state index contributed by atoms with van der Waals surface area (Å²) in [6.07, 6.45) is -3.40. The molecular formula is C6H5F3N3Rf-. The predicted molar refractivity (Wildman–Crippen MR) is 36.0 cm³/mol. The molecule has 0 unspecified atom stereocenters. The number of hydrogen-bond donors (Lipinski definition) is 0. The fraction of sp³-hybridized carbons (Fsp3) is 0.333. The second-order valence-electron chi connectivity index (χ2n) is 1.96. The molecule has 0 amide bonds. The predicted octanol–water partition coefficient (Wildman–Crippen LogP) is 2.13. The number of halogens is 3. The molecule has 0 spiro atoms. The quantitative estimate of drug-likeness (QED) is 0.668. The molecular weight excluding hydrogens is 438 g/mol. The summed E-state index contributed by atoms with van der Waals surface area (Å²) in [7, 11) is 1.33. The second-order valence-corrected chi connectivity index (χ2v) is 1.96. The first-order valence-electron chi connectivity index (χ1n) is 3.04. The average Bonchev–Trinajstić information content (AvgIpc) is 2.03. The van der Waals surface area contributed by atoms with Crippen LogP contribution in [-0.4, -0.2) is 17.0 Å². The van der Waals surface area contributed by atoms with Crippen molar-refractivity contribution in [3.63, 3.8) is 0 Å². The Balaban J connectivity index is 0.00000144. The van der Waals surface area contributed by atoms with Crippen molar-refractivity contribution < 1.29 is 13.2 Å². The minimum absolute atomic E-state index is 0. The minimum atomic E-state index is -4.43. The second kappa shape index (κ2) is 3.38. The van der Waals surface area contributed by atoms with Crippen molar-refractivity contribution in [1.82, 2.24) is 9.97 Å². The van der Waals surface area contributed by atoms with Crippen molar-refractivity contribution in [2.75, 3.05) is 7.05 Å². The van der Waals surface area contributed by atoms with Crippen LogP contribution in [0.3, 0.4) is 0 Å². The van der Waals surface area contributed by atoms with Gasteiger partial charge in [-0.1, -0.05) is 0 Å². The SMILES string of the molecule is C[N-]c1nccc(C(F)(F)F)n1.[Rf]. The number of nitrogens with zero attached hydrogens (tertiary/aromatic N) is 3. The van der Waals surface area contributed by atoms with Crippen LogP contribution in [0, 0.1) is 0 Å². The van der Waals surface area contributed by atoms with Crippen molar-refractivity contribution in [2.45, 2.75) is 6.18 Å². The first kappa shape index (κ1) is 10.7. The van der Waals surface area contributed by atoms with E-state index in [0.717, 1.165) is 12.3 Å². The molecule has 0 atom stereocenters. The molecule has 7 heteroatoms. The molecule has 0 saturated carbocycles. The van der Waals surface area contributed by atoms with Gasteiger partial charge >= 0.3 is 6.18 Å². The molecule has 1 aromatic heterocycles. The summed E-state index contributed by atoms with van der Waals surface area (Å²) in [6, 6.07) is 0.800. The van der Waals surface area contributed by atoms with Gasteiger partial charge in [-0.05, 0) is 19.3 Å². The van der Waals surface area contributed by atoms with Crippen molar-refractivity contribution >= 4 is 5.95 Å². The summed E-state index contributed by atoms with van der Waals surface area (Å²) < 4.78 is 35.9. The van der Waals surface area contributed by atoms with Crippen molar-refractivity contribution in [2.24, 2.45) is 0 Å². The Morgan fingerprint density at radius 2 is 2.00 bits per heavy atom. The van der Waals surface area contributed by atoms with E-state index in [9.17, 15) is 13.2 Å². The number of hydrogen-bond acceptors (Lipinski definition) is 2. The summed E-state index contributed by atoms with van der Waals surface area (Å²) in [4.78, 5) is 6.65. The molecule has 13 heavy (non-hydrogen) atoms. The minimum Gasteiger partial charge on any atom is -0.397 e. The third kappa shape index (κ3) is 2.32. The van der Waals surface area contributed by atoms with Gasteiger partial charge in [0, 0.05) is 5.95 Å². The van der Waals surface area contributed by atoms with Gasteiger partial charge in [-0.2, -0.15) is 13.2 Å². The van der Waals surface area contributed by atoms with E-state index in [1.54, 1.807) is 0 Å². The fourth-order valence-corrected chi connectivity index (χ4v) is 0.614.